The number of ether oxygens (including phenoxy) is 1. The minimum absolute atomic E-state index is 0.0329. The van der Waals surface area contributed by atoms with E-state index in [0.29, 0.717) is 25.5 Å². The smallest absolute Gasteiger partial charge is 0.414 e. The third-order valence-electron chi connectivity index (χ3n) is 6.73. The zero-order valence-corrected chi connectivity index (χ0v) is 20.1. The van der Waals surface area contributed by atoms with Crippen molar-refractivity contribution in [3.05, 3.63) is 41.4 Å². The van der Waals surface area contributed by atoms with Gasteiger partial charge in [-0.3, -0.25) is 4.79 Å². The lowest BCUT2D eigenvalue weighted by Gasteiger charge is -2.43. The van der Waals surface area contributed by atoms with Crippen molar-refractivity contribution in [3.8, 4) is 0 Å². The first-order chi connectivity index (χ1) is 16.7. The van der Waals surface area contributed by atoms with Crippen LogP contribution in [-0.4, -0.2) is 80.7 Å². The van der Waals surface area contributed by atoms with Gasteiger partial charge in [-0.25, -0.2) is 14.6 Å². The number of aliphatic carboxylic acids is 2. The quantitative estimate of drug-likeness (QED) is 0.605. The average Bonchev–Trinajstić information content (AvgIpc) is 3.37. The second kappa shape index (κ2) is 10.2. The fourth-order valence-corrected chi connectivity index (χ4v) is 4.77. The highest BCUT2D eigenvalue weighted by Gasteiger charge is 2.44. The summed E-state index contributed by atoms with van der Waals surface area (Å²) in [6.45, 7) is 6.83. The molecule has 3 aliphatic rings. The molecule has 1 amide bonds. The van der Waals surface area contributed by atoms with E-state index in [1.165, 1.54) is 25.1 Å². The fourth-order valence-electron chi connectivity index (χ4n) is 4.77. The lowest BCUT2D eigenvalue weighted by atomic mass is 9.89. The molecule has 2 aromatic heterocycles. The molecule has 0 aromatic carbocycles. The Balaban J connectivity index is 0.000000431. The van der Waals surface area contributed by atoms with Crippen molar-refractivity contribution in [1.29, 1.82) is 0 Å². The summed E-state index contributed by atoms with van der Waals surface area (Å²) in [5.41, 5.74) is 0.900. The second-order valence-electron chi connectivity index (χ2n) is 9.52. The number of carbonyl (C=O) groups excluding carboxylic acids is 1. The molecular weight excluding hydrogens is 456 g/mol. The number of aryl methyl sites for hydroxylation is 1. The Morgan fingerprint density at radius 3 is 2.40 bits per heavy atom. The van der Waals surface area contributed by atoms with E-state index in [9.17, 15) is 4.79 Å². The average molecular weight is 489 g/mol. The minimum Gasteiger partial charge on any atom is -0.473 e. The van der Waals surface area contributed by atoms with E-state index in [2.05, 4.69) is 16.5 Å². The van der Waals surface area contributed by atoms with Crippen LogP contribution in [0.3, 0.4) is 0 Å². The predicted octanol–water partition coefficient (Wildman–Crippen LogP) is 1.94. The predicted molar refractivity (Wildman–Crippen MR) is 123 cm³/mol. The fraction of sp³-hybridized carbons (Fsp3) is 0.583. The van der Waals surface area contributed by atoms with Gasteiger partial charge in [-0.15, -0.1) is 0 Å². The molecule has 1 aliphatic carbocycles. The first-order valence-corrected chi connectivity index (χ1v) is 11.9. The Morgan fingerprint density at radius 1 is 1.14 bits per heavy atom. The summed E-state index contributed by atoms with van der Waals surface area (Å²) < 4.78 is 14.2. The van der Waals surface area contributed by atoms with Gasteiger partial charge in [0.25, 0.3) is 5.91 Å². The summed E-state index contributed by atoms with van der Waals surface area (Å²) in [5.74, 6) is -0.568. The number of carbonyl (C=O) groups is 3. The first-order valence-electron chi connectivity index (χ1n) is 11.9. The van der Waals surface area contributed by atoms with Gasteiger partial charge in [0.1, 0.15) is 17.2 Å². The summed E-state index contributed by atoms with van der Waals surface area (Å²) in [7, 11) is 2.20. The van der Waals surface area contributed by atoms with Gasteiger partial charge < -0.3 is 33.7 Å². The van der Waals surface area contributed by atoms with Crippen LogP contribution in [0.5, 0.6) is 0 Å². The lowest BCUT2D eigenvalue weighted by molar-refractivity contribution is -0.159. The van der Waals surface area contributed by atoms with Crippen molar-refractivity contribution in [2.75, 3.05) is 33.3 Å². The molecule has 0 radical (unpaired) electrons. The van der Waals surface area contributed by atoms with Gasteiger partial charge in [0.2, 0.25) is 0 Å². The van der Waals surface area contributed by atoms with Crippen LogP contribution in [-0.2, 0) is 33.0 Å². The SMILES string of the molecule is Cc1ccc(C(=O)N2CCC3(CC2)OCCn2c(CN(C)CC4CC4)cnc23)o1.O=C(O)C(=O)O. The van der Waals surface area contributed by atoms with Crippen LogP contribution in [0.4, 0.5) is 0 Å². The van der Waals surface area contributed by atoms with Crippen LogP contribution in [0.2, 0.25) is 0 Å². The van der Waals surface area contributed by atoms with Gasteiger partial charge in [-0.2, -0.15) is 0 Å². The van der Waals surface area contributed by atoms with E-state index in [1.807, 2.05) is 24.1 Å². The van der Waals surface area contributed by atoms with Crippen LogP contribution in [0.15, 0.2) is 22.7 Å². The Hall–Kier alpha value is -3.18. The number of carboxylic acids is 2. The molecule has 2 fully saturated rings. The number of aromatic nitrogens is 2. The van der Waals surface area contributed by atoms with Crippen molar-refractivity contribution < 1.29 is 33.8 Å². The molecule has 0 bridgehead atoms. The van der Waals surface area contributed by atoms with E-state index >= 15 is 0 Å². The van der Waals surface area contributed by atoms with Gasteiger partial charge in [0, 0.05) is 51.8 Å². The number of amides is 1. The summed E-state index contributed by atoms with van der Waals surface area (Å²) in [4.78, 5) is 40.0. The summed E-state index contributed by atoms with van der Waals surface area (Å²) in [6, 6.07) is 3.60. The second-order valence-corrected chi connectivity index (χ2v) is 9.52. The highest BCUT2D eigenvalue weighted by molar-refractivity contribution is 6.27. The third kappa shape index (κ3) is 5.73. The first kappa shape index (κ1) is 24.9. The number of rotatable bonds is 5. The number of carboxylic acid groups (broad SMARTS) is 2. The van der Waals surface area contributed by atoms with Crippen molar-refractivity contribution in [2.45, 2.75) is 51.3 Å². The Labute approximate surface area is 203 Å². The molecule has 0 unspecified atom stereocenters. The molecule has 2 aromatic rings. The van der Waals surface area contributed by atoms with E-state index in [1.54, 1.807) is 6.07 Å². The van der Waals surface area contributed by atoms with E-state index in [0.717, 1.165) is 43.4 Å². The Kier molecular flexibility index (Phi) is 7.27. The third-order valence-corrected chi connectivity index (χ3v) is 6.73. The lowest BCUT2D eigenvalue weighted by Crippen LogP contribution is -2.49. The molecule has 190 valence electrons. The zero-order chi connectivity index (χ0) is 25.2. The highest BCUT2D eigenvalue weighted by Crippen LogP contribution is 2.39. The van der Waals surface area contributed by atoms with Crippen molar-refractivity contribution in [2.24, 2.45) is 5.92 Å². The van der Waals surface area contributed by atoms with Crippen LogP contribution in [0.1, 0.15) is 53.5 Å². The summed E-state index contributed by atoms with van der Waals surface area (Å²) >= 11 is 0. The maximum absolute atomic E-state index is 12.7. The Bertz CT molecular complexity index is 1070. The van der Waals surface area contributed by atoms with E-state index in [4.69, 9.17) is 33.9 Å². The summed E-state index contributed by atoms with van der Waals surface area (Å²) in [5, 5.41) is 14.8. The van der Waals surface area contributed by atoms with E-state index in [-0.39, 0.29) is 11.5 Å². The monoisotopic (exact) mass is 488 g/mol. The van der Waals surface area contributed by atoms with Crippen LogP contribution in [0, 0.1) is 12.8 Å². The van der Waals surface area contributed by atoms with Crippen molar-refractivity contribution in [3.63, 3.8) is 0 Å². The molecule has 2 aliphatic heterocycles. The van der Waals surface area contributed by atoms with Crippen LogP contribution >= 0.6 is 0 Å². The zero-order valence-electron chi connectivity index (χ0n) is 20.1. The highest BCUT2D eigenvalue weighted by atomic mass is 16.5. The molecule has 11 heteroatoms. The summed E-state index contributed by atoms with van der Waals surface area (Å²) in [6.07, 6.45) is 6.31. The molecule has 35 heavy (non-hydrogen) atoms. The largest absolute Gasteiger partial charge is 0.473 e. The maximum Gasteiger partial charge on any atom is 0.414 e. The van der Waals surface area contributed by atoms with Gasteiger partial charge in [-0.05, 0) is 44.9 Å². The van der Waals surface area contributed by atoms with Gasteiger partial charge in [0.05, 0.1) is 12.3 Å². The normalized spacial score (nSPS) is 18.7. The number of hydrogen-bond acceptors (Lipinski definition) is 7. The van der Waals surface area contributed by atoms with Gasteiger partial charge in [-0.1, -0.05) is 0 Å². The molecule has 1 saturated carbocycles. The van der Waals surface area contributed by atoms with E-state index < -0.39 is 11.9 Å². The number of imidazole rings is 1. The minimum atomic E-state index is -1.82. The number of hydrogen-bond donors (Lipinski definition) is 2. The molecule has 1 spiro atoms. The number of likely N-dealkylation sites (tertiary alicyclic amines) is 1. The topological polar surface area (TPSA) is 138 Å². The number of fused-ring (bicyclic) bond motifs is 2. The number of nitrogens with zero attached hydrogens (tertiary/aromatic N) is 4. The van der Waals surface area contributed by atoms with Crippen molar-refractivity contribution in [1.82, 2.24) is 19.4 Å². The molecule has 1 saturated heterocycles. The number of piperidine rings is 1. The maximum atomic E-state index is 12.7. The van der Waals surface area contributed by atoms with Gasteiger partial charge >= 0.3 is 11.9 Å². The molecule has 4 heterocycles. The Morgan fingerprint density at radius 2 is 1.83 bits per heavy atom. The molecular formula is C24H32N4O7. The van der Waals surface area contributed by atoms with Crippen LogP contribution in [0.25, 0.3) is 0 Å². The molecule has 2 N–H and O–H groups in total. The molecule has 11 nitrogen and oxygen atoms in total. The molecule has 5 rings (SSSR count). The molecule has 0 atom stereocenters. The van der Waals surface area contributed by atoms with Crippen molar-refractivity contribution >= 4 is 17.8 Å². The standard InChI is InChI=1S/C22H30N4O3.C2H2O4/c1-16-3-6-19(29-16)20(27)25-9-7-22(8-10-25)21-23-13-18(26(21)11-12-28-22)15-24(2)14-17-4-5-17;3-1(4)2(5)6/h3,6,13,17H,4-5,7-12,14-15H2,1-2H3;(H,3,4)(H,5,6). The van der Waals surface area contributed by atoms with Gasteiger partial charge in [0.15, 0.2) is 5.76 Å². The van der Waals surface area contributed by atoms with Crippen LogP contribution < -0.4 is 0 Å². The number of furan rings is 1.